The highest BCUT2D eigenvalue weighted by Gasteiger charge is 2.34. The Morgan fingerprint density at radius 2 is 1.81 bits per heavy atom. The van der Waals surface area contributed by atoms with Crippen LogP contribution in [0.1, 0.15) is 33.1 Å². The molecule has 0 bridgehead atoms. The van der Waals surface area contributed by atoms with Crippen molar-refractivity contribution in [2.24, 2.45) is 11.8 Å². The lowest BCUT2D eigenvalue weighted by molar-refractivity contribution is -0.126. The van der Waals surface area contributed by atoms with Gasteiger partial charge in [0.1, 0.15) is 16.5 Å². The molecule has 10 heteroatoms. The van der Waals surface area contributed by atoms with Crippen molar-refractivity contribution in [2.75, 3.05) is 45.9 Å². The van der Waals surface area contributed by atoms with Gasteiger partial charge in [0.15, 0.2) is 0 Å². The molecular weight excluding hydrogens is 440 g/mol. The van der Waals surface area contributed by atoms with E-state index in [0.29, 0.717) is 44.6 Å². The van der Waals surface area contributed by atoms with Gasteiger partial charge in [-0.05, 0) is 43.4 Å². The molecule has 1 aromatic carbocycles. The van der Waals surface area contributed by atoms with Crippen LogP contribution in [0.4, 0.5) is 8.78 Å². The predicted octanol–water partition coefficient (Wildman–Crippen LogP) is 2.23. The number of ether oxygens (including phenoxy) is 1. The van der Waals surface area contributed by atoms with Crippen LogP contribution in [-0.4, -0.2) is 75.5 Å². The number of hydrogen-bond donors (Lipinski definition) is 1. The van der Waals surface area contributed by atoms with Crippen molar-refractivity contribution in [1.29, 1.82) is 0 Å². The number of amides is 1. The molecule has 0 radical (unpaired) electrons. The predicted molar refractivity (Wildman–Crippen MR) is 116 cm³/mol. The third kappa shape index (κ3) is 6.24. The van der Waals surface area contributed by atoms with Gasteiger partial charge in [0.25, 0.3) is 0 Å². The van der Waals surface area contributed by atoms with Crippen molar-refractivity contribution in [3.63, 3.8) is 0 Å². The Hall–Kier alpha value is -1.62. The first-order chi connectivity index (χ1) is 15.2. The van der Waals surface area contributed by atoms with Gasteiger partial charge in [0, 0.05) is 44.7 Å². The number of nitrogens with zero attached hydrogens (tertiary/aromatic N) is 2. The summed E-state index contributed by atoms with van der Waals surface area (Å²) >= 11 is 0. The normalized spacial score (nSPS) is 20.4. The van der Waals surface area contributed by atoms with E-state index < -0.39 is 26.6 Å². The number of morpholine rings is 1. The summed E-state index contributed by atoms with van der Waals surface area (Å²) in [6.45, 7) is 8.14. The van der Waals surface area contributed by atoms with Gasteiger partial charge in [-0.25, -0.2) is 17.2 Å². The summed E-state index contributed by atoms with van der Waals surface area (Å²) in [4.78, 5) is 14.5. The Kier molecular flexibility index (Phi) is 8.60. The largest absolute Gasteiger partial charge is 0.379 e. The average Bonchev–Trinajstić information content (AvgIpc) is 2.78. The summed E-state index contributed by atoms with van der Waals surface area (Å²) < 4.78 is 59.5. The number of rotatable bonds is 8. The molecule has 2 fully saturated rings. The maximum atomic E-state index is 14.0. The topological polar surface area (TPSA) is 79.0 Å². The molecule has 2 aliphatic heterocycles. The van der Waals surface area contributed by atoms with E-state index in [9.17, 15) is 22.0 Å². The molecule has 0 aliphatic carbocycles. The van der Waals surface area contributed by atoms with Crippen LogP contribution >= 0.6 is 0 Å². The maximum absolute atomic E-state index is 14.0. The zero-order valence-electron chi connectivity index (χ0n) is 18.7. The van der Waals surface area contributed by atoms with Gasteiger partial charge >= 0.3 is 0 Å². The fourth-order valence-corrected chi connectivity index (χ4v) is 5.93. The second-order valence-electron chi connectivity index (χ2n) is 8.93. The first-order valence-electron chi connectivity index (χ1n) is 11.2. The molecule has 1 N–H and O–H groups in total. The summed E-state index contributed by atoms with van der Waals surface area (Å²) in [5.74, 6) is -1.68. The number of sulfonamides is 1. The van der Waals surface area contributed by atoms with E-state index in [2.05, 4.69) is 24.1 Å². The van der Waals surface area contributed by atoms with Crippen molar-refractivity contribution in [3.05, 3.63) is 29.8 Å². The van der Waals surface area contributed by atoms with Gasteiger partial charge in [0.2, 0.25) is 15.9 Å². The summed E-state index contributed by atoms with van der Waals surface area (Å²) in [5.41, 5.74) is 0. The molecule has 1 aromatic rings. The molecule has 2 heterocycles. The Labute approximate surface area is 189 Å². The molecule has 32 heavy (non-hydrogen) atoms. The number of benzene rings is 1. The van der Waals surface area contributed by atoms with E-state index in [1.54, 1.807) is 0 Å². The highest BCUT2D eigenvalue weighted by Crippen LogP contribution is 2.26. The molecular formula is C22H33F2N3O4S. The SMILES string of the molecule is CC(C)CC(CNC(=O)C1CCN(S(=O)(=O)c2cc(F)ccc2F)CC1)N1CCOCC1. The van der Waals surface area contributed by atoms with Crippen LogP contribution in [0.15, 0.2) is 23.1 Å². The molecule has 180 valence electrons. The number of halogens is 2. The van der Waals surface area contributed by atoms with Crippen LogP contribution in [0, 0.1) is 23.5 Å². The summed E-state index contributed by atoms with van der Waals surface area (Å²) in [6, 6.07) is 2.63. The van der Waals surface area contributed by atoms with Crippen molar-refractivity contribution in [2.45, 2.75) is 44.0 Å². The molecule has 0 spiro atoms. The molecule has 1 unspecified atom stereocenters. The first-order valence-corrected chi connectivity index (χ1v) is 12.7. The Bertz CT molecular complexity index is 883. The molecule has 1 amide bonds. The molecule has 0 saturated carbocycles. The molecule has 7 nitrogen and oxygen atoms in total. The minimum atomic E-state index is -4.15. The number of piperidine rings is 1. The highest BCUT2D eigenvalue weighted by molar-refractivity contribution is 7.89. The zero-order chi connectivity index (χ0) is 23.3. The quantitative estimate of drug-likeness (QED) is 0.627. The van der Waals surface area contributed by atoms with E-state index in [1.165, 1.54) is 0 Å². The Balaban J connectivity index is 1.55. The van der Waals surface area contributed by atoms with Crippen molar-refractivity contribution < 1.29 is 26.7 Å². The van der Waals surface area contributed by atoms with Crippen LogP contribution in [0.2, 0.25) is 0 Å². The standard InChI is InChI=1S/C22H33F2N3O4S/c1-16(2)13-19(26-9-11-31-12-10-26)15-25-22(28)17-5-7-27(8-6-17)32(29,30)21-14-18(23)3-4-20(21)24/h3-4,14,16-17,19H,5-13,15H2,1-2H3,(H,25,28). The van der Waals surface area contributed by atoms with Gasteiger partial charge in [-0.1, -0.05) is 13.8 Å². The number of hydrogen-bond acceptors (Lipinski definition) is 5. The molecule has 0 aromatic heterocycles. The van der Waals surface area contributed by atoms with Crippen molar-refractivity contribution in [1.82, 2.24) is 14.5 Å². The average molecular weight is 474 g/mol. The van der Waals surface area contributed by atoms with Gasteiger partial charge in [-0.2, -0.15) is 4.31 Å². The fraction of sp³-hybridized carbons (Fsp3) is 0.682. The summed E-state index contributed by atoms with van der Waals surface area (Å²) in [5, 5.41) is 3.06. The minimum absolute atomic E-state index is 0.0824. The Morgan fingerprint density at radius 1 is 1.16 bits per heavy atom. The van der Waals surface area contributed by atoms with Crippen LogP contribution in [0.5, 0.6) is 0 Å². The number of carbonyl (C=O) groups is 1. The zero-order valence-corrected chi connectivity index (χ0v) is 19.5. The maximum Gasteiger partial charge on any atom is 0.246 e. The first kappa shape index (κ1) is 25.0. The summed E-state index contributed by atoms with van der Waals surface area (Å²) in [7, 11) is -4.15. The van der Waals surface area contributed by atoms with Crippen molar-refractivity contribution in [3.8, 4) is 0 Å². The van der Waals surface area contributed by atoms with E-state index in [0.717, 1.165) is 35.9 Å². The highest BCUT2D eigenvalue weighted by atomic mass is 32.2. The van der Waals surface area contributed by atoms with E-state index in [1.807, 2.05) is 0 Å². The van der Waals surface area contributed by atoms with Gasteiger partial charge < -0.3 is 10.1 Å². The lowest BCUT2D eigenvalue weighted by atomic mass is 9.96. The molecule has 3 rings (SSSR count). The van der Waals surface area contributed by atoms with Gasteiger partial charge in [0.05, 0.1) is 13.2 Å². The summed E-state index contributed by atoms with van der Waals surface area (Å²) in [6.07, 6.45) is 1.65. The van der Waals surface area contributed by atoms with E-state index in [-0.39, 0.29) is 31.0 Å². The number of carbonyl (C=O) groups excluding carboxylic acids is 1. The molecule has 1 atom stereocenters. The minimum Gasteiger partial charge on any atom is -0.379 e. The van der Waals surface area contributed by atoms with Crippen molar-refractivity contribution >= 4 is 15.9 Å². The van der Waals surface area contributed by atoms with Crippen LogP contribution < -0.4 is 5.32 Å². The fourth-order valence-electron chi connectivity index (χ4n) is 4.38. The van der Waals surface area contributed by atoms with Gasteiger partial charge in [-0.3, -0.25) is 9.69 Å². The molecule has 2 saturated heterocycles. The third-order valence-corrected chi connectivity index (χ3v) is 8.07. The van der Waals surface area contributed by atoms with Gasteiger partial charge in [-0.15, -0.1) is 0 Å². The third-order valence-electron chi connectivity index (χ3n) is 6.15. The number of nitrogens with one attached hydrogen (secondary N) is 1. The second-order valence-corrected chi connectivity index (χ2v) is 10.8. The van der Waals surface area contributed by atoms with Crippen LogP contribution in [0.25, 0.3) is 0 Å². The van der Waals surface area contributed by atoms with Crippen LogP contribution in [-0.2, 0) is 19.6 Å². The smallest absolute Gasteiger partial charge is 0.246 e. The Morgan fingerprint density at radius 3 is 2.44 bits per heavy atom. The lowest BCUT2D eigenvalue weighted by Gasteiger charge is -2.36. The van der Waals surface area contributed by atoms with E-state index in [4.69, 9.17) is 4.74 Å². The second kappa shape index (κ2) is 11.0. The van der Waals surface area contributed by atoms with E-state index >= 15 is 0 Å². The lowest BCUT2D eigenvalue weighted by Crippen LogP contribution is -2.50. The van der Waals surface area contributed by atoms with Crippen LogP contribution in [0.3, 0.4) is 0 Å². The monoisotopic (exact) mass is 473 g/mol. The molecule has 2 aliphatic rings.